The first-order valence-electron chi connectivity index (χ1n) is 9.26. The van der Waals surface area contributed by atoms with E-state index in [1.54, 1.807) is 25.3 Å². The zero-order valence-electron chi connectivity index (χ0n) is 16.2. The Kier molecular flexibility index (Phi) is 5.15. The van der Waals surface area contributed by atoms with Gasteiger partial charge in [0.1, 0.15) is 5.76 Å². The molecular formula is C21H20N6O2. The highest BCUT2D eigenvalue weighted by Crippen LogP contribution is 2.15. The highest BCUT2D eigenvalue weighted by Gasteiger charge is 2.20. The molecule has 0 radical (unpaired) electrons. The van der Waals surface area contributed by atoms with Crippen LogP contribution in [0.4, 0.5) is 5.82 Å². The number of aryl methyl sites for hydroxylation is 4. The molecule has 0 aliphatic carbocycles. The SMILES string of the molecule is Cc1cc(-n2nc(CCc3ccccc3)nc2C(=O)Nc2cc(C)on2)ccn1. The van der Waals surface area contributed by atoms with Crippen molar-refractivity contribution in [1.82, 2.24) is 24.9 Å². The Balaban J connectivity index is 1.63. The van der Waals surface area contributed by atoms with Gasteiger partial charge in [0.05, 0.1) is 5.69 Å². The zero-order chi connectivity index (χ0) is 20.2. The molecule has 29 heavy (non-hydrogen) atoms. The molecule has 0 aliphatic rings. The minimum Gasteiger partial charge on any atom is -0.360 e. The summed E-state index contributed by atoms with van der Waals surface area (Å²) in [7, 11) is 0. The predicted molar refractivity (Wildman–Crippen MR) is 107 cm³/mol. The van der Waals surface area contributed by atoms with Crippen LogP contribution in [-0.2, 0) is 12.8 Å². The van der Waals surface area contributed by atoms with Gasteiger partial charge in [0.15, 0.2) is 11.6 Å². The maximum atomic E-state index is 12.9. The van der Waals surface area contributed by atoms with Crippen molar-refractivity contribution in [1.29, 1.82) is 0 Å². The fourth-order valence-electron chi connectivity index (χ4n) is 2.95. The number of benzene rings is 1. The number of anilines is 1. The summed E-state index contributed by atoms with van der Waals surface area (Å²) in [6.45, 7) is 3.64. The number of carbonyl (C=O) groups is 1. The summed E-state index contributed by atoms with van der Waals surface area (Å²) in [6, 6.07) is 15.4. The third kappa shape index (κ3) is 4.37. The number of pyridine rings is 1. The smallest absolute Gasteiger partial charge is 0.294 e. The number of nitrogens with zero attached hydrogens (tertiary/aromatic N) is 5. The van der Waals surface area contributed by atoms with E-state index in [4.69, 9.17) is 4.52 Å². The summed E-state index contributed by atoms with van der Waals surface area (Å²) in [5, 5.41) is 11.1. The van der Waals surface area contributed by atoms with Gasteiger partial charge in [-0.2, -0.15) is 5.10 Å². The number of carbonyl (C=O) groups excluding carboxylic acids is 1. The van der Waals surface area contributed by atoms with E-state index >= 15 is 0 Å². The third-order valence-electron chi connectivity index (χ3n) is 4.33. The molecular weight excluding hydrogens is 368 g/mol. The van der Waals surface area contributed by atoms with Crippen LogP contribution in [0.2, 0.25) is 0 Å². The lowest BCUT2D eigenvalue weighted by Crippen LogP contribution is -2.18. The van der Waals surface area contributed by atoms with E-state index in [0.29, 0.717) is 23.8 Å². The predicted octanol–water partition coefficient (Wildman–Crippen LogP) is 3.30. The number of nitrogens with one attached hydrogen (secondary N) is 1. The Labute approximate surface area is 167 Å². The summed E-state index contributed by atoms with van der Waals surface area (Å²) in [5.41, 5.74) is 2.73. The summed E-state index contributed by atoms with van der Waals surface area (Å²) >= 11 is 0. The van der Waals surface area contributed by atoms with E-state index in [9.17, 15) is 4.79 Å². The first kappa shape index (κ1) is 18.5. The summed E-state index contributed by atoms with van der Waals surface area (Å²) in [6.07, 6.45) is 3.08. The van der Waals surface area contributed by atoms with Crippen molar-refractivity contribution in [2.75, 3.05) is 5.32 Å². The average Bonchev–Trinajstić information content (AvgIpc) is 3.33. The zero-order valence-corrected chi connectivity index (χ0v) is 16.2. The monoisotopic (exact) mass is 388 g/mol. The highest BCUT2D eigenvalue weighted by atomic mass is 16.5. The van der Waals surface area contributed by atoms with Crippen LogP contribution in [0.5, 0.6) is 0 Å². The number of hydrogen-bond donors (Lipinski definition) is 1. The van der Waals surface area contributed by atoms with Crippen LogP contribution in [0.25, 0.3) is 5.69 Å². The Hall–Kier alpha value is -3.81. The lowest BCUT2D eigenvalue weighted by Gasteiger charge is -2.05. The maximum Gasteiger partial charge on any atom is 0.294 e. The summed E-state index contributed by atoms with van der Waals surface area (Å²) in [4.78, 5) is 21.6. The molecule has 1 aromatic carbocycles. The maximum absolute atomic E-state index is 12.9. The molecule has 0 saturated heterocycles. The minimum absolute atomic E-state index is 0.180. The Morgan fingerprint density at radius 2 is 1.93 bits per heavy atom. The third-order valence-corrected chi connectivity index (χ3v) is 4.33. The molecule has 0 unspecified atom stereocenters. The van der Waals surface area contributed by atoms with Crippen LogP contribution in [0.3, 0.4) is 0 Å². The van der Waals surface area contributed by atoms with Crippen LogP contribution in [0, 0.1) is 13.8 Å². The minimum atomic E-state index is -0.411. The number of aromatic nitrogens is 5. The van der Waals surface area contributed by atoms with E-state index in [-0.39, 0.29) is 5.82 Å². The van der Waals surface area contributed by atoms with Gasteiger partial charge in [-0.25, -0.2) is 9.67 Å². The van der Waals surface area contributed by atoms with Crippen molar-refractivity contribution in [2.45, 2.75) is 26.7 Å². The quantitative estimate of drug-likeness (QED) is 0.544. The lowest BCUT2D eigenvalue weighted by molar-refractivity contribution is 0.101. The van der Waals surface area contributed by atoms with E-state index in [1.165, 1.54) is 10.2 Å². The molecule has 0 saturated carbocycles. The molecule has 0 aliphatic heterocycles. The van der Waals surface area contributed by atoms with Crippen LogP contribution in [0.15, 0.2) is 59.3 Å². The first-order valence-corrected chi connectivity index (χ1v) is 9.26. The van der Waals surface area contributed by atoms with Gasteiger partial charge in [-0.05, 0) is 38.0 Å². The fraction of sp³-hybridized carbons (Fsp3) is 0.190. The topological polar surface area (TPSA) is 98.7 Å². The van der Waals surface area contributed by atoms with Gasteiger partial charge in [0, 0.05) is 24.4 Å². The molecule has 0 spiro atoms. The Bertz CT molecular complexity index is 1130. The molecule has 4 aromatic rings. The Morgan fingerprint density at radius 3 is 2.66 bits per heavy atom. The van der Waals surface area contributed by atoms with Gasteiger partial charge in [-0.15, -0.1) is 0 Å². The van der Waals surface area contributed by atoms with Crippen LogP contribution in [-0.4, -0.2) is 30.8 Å². The second kappa shape index (κ2) is 8.05. The molecule has 4 rings (SSSR count). The van der Waals surface area contributed by atoms with Crippen molar-refractivity contribution < 1.29 is 9.32 Å². The number of amides is 1. The molecule has 0 atom stereocenters. The molecule has 1 N–H and O–H groups in total. The van der Waals surface area contributed by atoms with Gasteiger partial charge in [-0.1, -0.05) is 35.5 Å². The second-order valence-corrected chi connectivity index (χ2v) is 6.68. The standard InChI is InChI=1S/C21H20N6O2/c1-14-12-17(10-11-22-14)27-20(21(28)24-19-13-15(2)29-26-19)23-18(25-27)9-8-16-6-4-3-5-7-16/h3-7,10-13H,8-9H2,1-2H3,(H,24,26,28). The summed E-state index contributed by atoms with van der Waals surface area (Å²) < 4.78 is 6.55. The molecule has 0 bridgehead atoms. The van der Waals surface area contributed by atoms with Crippen molar-refractivity contribution >= 4 is 11.7 Å². The van der Waals surface area contributed by atoms with E-state index in [2.05, 4.69) is 37.7 Å². The second-order valence-electron chi connectivity index (χ2n) is 6.68. The van der Waals surface area contributed by atoms with Crippen molar-refractivity contribution in [3.63, 3.8) is 0 Å². The molecule has 0 fully saturated rings. The van der Waals surface area contributed by atoms with Gasteiger partial charge < -0.3 is 9.84 Å². The van der Waals surface area contributed by atoms with E-state index < -0.39 is 5.91 Å². The Morgan fingerprint density at radius 1 is 1.10 bits per heavy atom. The van der Waals surface area contributed by atoms with Gasteiger partial charge >= 0.3 is 0 Å². The van der Waals surface area contributed by atoms with Crippen molar-refractivity contribution in [2.24, 2.45) is 0 Å². The summed E-state index contributed by atoms with van der Waals surface area (Å²) in [5.74, 6) is 1.30. The van der Waals surface area contributed by atoms with Gasteiger partial charge in [-0.3, -0.25) is 9.78 Å². The highest BCUT2D eigenvalue weighted by molar-refractivity contribution is 6.01. The fourth-order valence-corrected chi connectivity index (χ4v) is 2.95. The van der Waals surface area contributed by atoms with Crippen LogP contribution in [0.1, 0.15) is 33.5 Å². The van der Waals surface area contributed by atoms with Crippen molar-refractivity contribution in [3.05, 3.63) is 83.4 Å². The van der Waals surface area contributed by atoms with Crippen LogP contribution < -0.4 is 5.32 Å². The molecule has 1 amide bonds. The van der Waals surface area contributed by atoms with Gasteiger partial charge in [0.2, 0.25) is 5.82 Å². The number of hydrogen-bond acceptors (Lipinski definition) is 6. The largest absolute Gasteiger partial charge is 0.360 e. The number of rotatable bonds is 6. The van der Waals surface area contributed by atoms with Crippen molar-refractivity contribution in [3.8, 4) is 5.69 Å². The molecule has 146 valence electrons. The van der Waals surface area contributed by atoms with E-state index in [0.717, 1.165) is 17.8 Å². The molecule has 8 heteroatoms. The molecule has 8 nitrogen and oxygen atoms in total. The molecule has 3 aromatic heterocycles. The van der Waals surface area contributed by atoms with Crippen LogP contribution >= 0.6 is 0 Å². The molecule has 3 heterocycles. The van der Waals surface area contributed by atoms with Gasteiger partial charge in [0.25, 0.3) is 5.91 Å². The lowest BCUT2D eigenvalue weighted by atomic mass is 10.1. The first-order chi connectivity index (χ1) is 14.1. The van der Waals surface area contributed by atoms with E-state index in [1.807, 2.05) is 31.2 Å². The normalized spacial score (nSPS) is 10.8. The average molecular weight is 388 g/mol.